The van der Waals surface area contributed by atoms with E-state index in [1.807, 2.05) is 31.2 Å². The van der Waals surface area contributed by atoms with E-state index >= 15 is 0 Å². The summed E-state index contributed by atoms with van der Waals surface area (Å²) in [6, 6.07) is 7.70. The first-order valence-corrected chi connectivity index (χ1v) is 7.05. The number of para-hydroxylation sites is 1. The fourth-order valence-electron chi connectivity index (χ4n) is 1.65. The van der Waals surface area contributed by atoms with Crippen LogP contribution in [-0.4, -0.2) is 18.1 Å². The number of carbonyl (C=O) groups excluding carboxylic acids is 1. The molecule has 0 fully saturated rings. The molecule has 1 amide bonds. The van der Waals surface area contributed by atoms with Gasteiger partial charge >= 0.3 is 0 Å². The second kappa shape index (κ2) is 7.41. The lowest BCUT2D eigenvalue weighted by Crippen LogP contribution is -2.41. The molecule has 0 aliphatic rings. The predicted molar refractivity (Wildman–Crippen MR) is 76.7 cm³/mol. The number of hydrogen-bond acceptors (Lipinski definition) is 2. The van der Waals surface area contributed by atoms with Gasteiger partial charge in [-0.1, -0.05) is 25.5 Å². The van der Waals surface area contributed by atoms with Gasteiger partial charge in [0.1, 0.15) is 5.75 Å². The molecule has 2 atom stereocenters. The normalized spacial score (nSPS) is 13.8. The number of rotatable bonds is 6. The summed E-state index contributed by atoms with van der Waals surface area (Å²) in [6.07, 6.45) is 1.54. The minimum Gasteiger partial charge on any atom is -0.480 e. The van der Waals surface area contributed by atoms with Crippen LogP contribution in [0.2, 0.25) is 0 Å². The SMILES string of the molecule is CCCC(C)NC(=O)C(C)Oc1ccccc1Br. The summed E-state index contributed by atoms with van der Waals surface area (Å²) in [5, 5.41) is 2.94. The molecule has 0 bridgehead atoms. The molecular formula is C14H20BrNO2. The van der Waals surface area contributed by atoms with Crippen molar-refractivity contribution >= 4 is 21.8 Å². The van der Waals surface area contributed by atoms with Crippen molar-refractivity contribution in [3.05, 3.63) is 28.7 Å². The Hall–Kier alpha value is -1.03. The first-order chi connectivity index (χ1) is 8.54. The van der Waals surface area contributed by atoms with E-state index in [4.69, 9.17) is 4.74 Å². The van der Waals surface area contributed by atoms with Crippen molar-refractivity contribution < 1.29 is 9.53 Å². The largest absolute Gasteiger partial charge is 0.480 e. The van der Waals surface area contributed by atoms with Crippen LogP contribution in [0.3, 0.4) is 0 Å². The molecule has 3 nitrogen and oxygen atoms in total. The van der Waals surface area contributed by atoms with Crippen molar-refractivity contribution in [1.82, 2.24) is 5.32 Å². The lowest BCUT2D eigenvalue weighted by atomic mass is 10.2. The Morgan fingerprint density at radius 2 is 2.06 bits per heavy atom. The van der Waals surface area contributed by atoms with Gasteiger partial charge in [-0.15, -0.1) is 0 Å². The maximum Gasteiger partial charge on any atom is 0.260 e. The fourth-order valence-corrected chi connectivity index (χ4v) is 2.03. The third kappa shape index (κ3) is 4.69. The monoisotopic (exact) mass is 313 g/mol. The summed E-state index contributed by atoms with van der Waals surface area (Å²) in [5.41, 5.74) is 0. The molecule has 0 radical (unpaired) electrons. The zero-order valence-electron chi connectivity index (χ0n) is 11.1. The van der Waals surface area contributed by atoms with Gasteiger partial charge in [0.25, 0.3) is 5.91 Å². The Bertz CT molecular complexity index is 395. The molecule has 0 saturated heterocycles. The number of hydrogen-bond donors (Lipinski definition) is 1. The molecule has 0 aliphatic carbocycles. The van der Waals surface area contributed by atoms with Crippen LogP contribution < -0.4 is 10.1 Å². The van der Waals surface area contributed by atoms with E-state index in [0.29, 0.717) is 5.75 Å². The summed E-state index contributed by atoms with van der Waals surface area (Å²) in [6.45, 7) is 5.86. The van der Waals surface area contributed by atoms with Crippen LogP contribution in [0.4, 0.5) is 0 Å². The van der Waals surface area contributed by atoms with Gasteiger partial charge in [-0.05, 0) is 48.3 Å². The van der Waals surface area contributed by atoms with E-state index < -0.39 is 6.10 Å². The molecule has 1 aromatic rings. The van der Waals surface area contributed by atoms with Crippen molar-refractivity contribution in [1.29, 1.82) is 0 Å². The van der Waals surface area contributed by atoms with Crippen molar-refractivity contribution in [3.8, 4) is 5.75 Å². The van der Waals surface area contributed by atoms with Gasteiger partial charge in [0, 0.05) is 6.04 Å². The van der Waals surface area contributed by atoms with Crippen LogP contribution in [0.1, 0.15) is 33.6 Å². The van der Waals surface area contributed by atoms with Crippen molar-refractivity contribution in [3.63, 3.8) is 0 Å². The van der Waals surface area contributed by atoms with E-state index in [1.165, 1.54) is 0 Å². The zero-order valence-corrected chi connectivity index (χ0v) is 12.7. The molecule has 2 unspecified atom stereocenters. The highest BCUT2D eigenvalue weighted by Crippen LogP contribution is 2.24. The van der Waals surface area contributed by atoms with Crippen LogP contribution in [0.5, 0.6) is 5.75 Å². The van der Waals surface area contributed by atoms with Gasteiger partial charge in [0.05, 0.1) is 4.47 Å². The molecule has 100 valence electrons. The molecule has 1 rings (SSSR count). The summed E-state index contributed by atoms with van der Waals surface area (Å²) in [4.78, 5) is 11.9. The number of ether oxygens (including phenoxy) is 1. The average molecular weight is 314 g/mol. The molecule has 0 aromatic heterocycles. The Morgan fingerprint density at radius 3 is 2.67 bits per heavy atom. The topological polar surface area (TPSA) is 38.3 Å². The van der Waals surface area contributed by atoms with Gasteiger partial charge in [-0.3, -0.25) is 4.79 Å². The Balaban J connectivity index is 2.52. The third-order valence-electron chi connectivity index (χ3n) is 2.62. The molecule has 0 aliphatic heterocycles. The molecule has 0 heterocycles. The summed E-state index contributed by atoms with van der Waals surface area (Å²) < 4.78 is 6.48. The number of nitrogens with one attached hydrogen (secondary N) is 1. The summed E-state index contributed by atoms with van der Waals surface area (Å²) in [5.74, 6) is 0.606. The number of halogens is 1. The van der Waals surface area contributed by atoms with E-state index in [0.717, 1.165) is 17.3 Å². The second-order valence-electron chi connectivity index (χ2n) is 4.39. The van der Waals surface area contributed by atoms with Crippen molar-refractivity contribution in [2.75, 3.05) is 0 Å². The Kier molecular flexibility index (Phi) is 6.19. The molecule has 0 saturated carbocycles. The van der Waals surface area contributed by atoms with Crippen LogP contribution in [0.15, 0.2) is 28.7 Å². The standard InChI is InChI=1S/C14H20BrNO2/c1-4-7-10(2)16-14(17)11(3)18-13-9-6-5-8-12(13)15/h5-6,8-11H,4,7H2,1-3H3,(H,16,17). The summed E-state index contributed by atoms with van der Waals surface area (Å²) >= 11 is 3.39. The maximum absolute atomic E-state index is 11.9. The van der Waals surface area contributed by atoms with Crippen LogP contribution in [0, 0.1) is 0 Å². The zero-order chi connectivity index (χ0) is 13.5. The van der Waals surface area contributed by atoms with E-state index in [2.05, 4.69) is 28.2 Å². The molecule has 18 heavy (non-hydrogen) atoms. The van der Waals surface area contributed by atoms with Gasteiger partial charge in [0.2, 0.25) is 0 Å². The minimum atomic E-state index is -0.497. The molecule has 1 aromatic carbocycles. The first kappa shape index (κ1) is 15.0. The van der Waals surface area contributed by atoms with Gasteiger partial charge in [-0.25, -0.2) is 0 Å². The summed E-state index contributed by atoms with van der Waals surface area (Å²) in [7, 11) is 0. The quantitative estimate of drug-likeness (QED) is 0.872. The molecule has 0 spiro atoms. The van der Waals surface area contributed by atoms with E-state index in [1.54, 1.807) is 6.92 Å². The van der Waals surface area contributed by atoms with Crippen molar-refractivity contribution in [2.24, 2.45) is 0 Å². The highest BCUT2D eigenvalue weighted by Gasteiger charge is 2.17. The maximum atomic E-state index is 11.9. The first-order valence-electron chi connectivity index (χ1n) is 6.26. The number of amides is 1. The molecular weight excluding hydrogens is 294 g/mol. The predicted octanol–water partition coefficient (Wildman–Crippen LogP) is 3.52. The second-order valence-corrected chi connectivity index (χ2v) is 5.24. The van der Waals surface area contributed by atoms with Crippen LogP contribution in [-0.2, 0) is 4.79 Å². The van der Waals surface area contributed by atoms with Crippen LogP contribution in [0.25, 0.3) is 0 Å². The fraction of sp³-hybridized carbons (Fsp3) is 0.500. The molecule has 4 heteroatoms. The Morgan fingerprint density at radius 1 is 1.39 bits per heavy atom. The smallest absolute Gasteiger partial charge is 0.260 e. The lowest BCUT2D eigenvalue weighted by molar-refractivity contribution is -0.127. The van der Waals surface area contributed by atoms with Crippen molar-refractivity contribution in [2.45, 2.75) is 45.8 Å². The van der Waals surface area contributed by atoms with E-state index in [-0.39, 0.29) is 11.9 Å². The Labute approximate surface area is 117 Å². The number of benzene rings is 1. The lowest BCUT2D eigenvalue weighted by Gasteiger charge is -2.18. The van der Waals surface area contributed by atoms with Gasteiger partial charge in [0.15, 0.2) is 6.10 Å². The number of carbonyl (C=O) groups is 1. The minimum absolute atomic E-state index is 0.0771. The third-order valence-corrected chi connectivity index (χ3v) is 3.28. The molecule has 1 N–H and O–H groups in total. The van der Waals surface area contributed by atoms with Gasteiger partial charge < -0.3 is 10.1 Å². The average Bonchev–Trinajstić information content (AvgIpc) is 2.32. The highest BCUT2D eigenvalue weighted by molar-refractivity contribution is 9.10. The van der Waals surface area contributed by atoms with E-state index in [9.17, 15) is 4.79 Å². The van der Waals surface area contributed by atoms with Crippen LogP contribution >= 0.6 is 15.9 Å². The van der Waals surface area contributed by atoms with Gasteiger partial charge in [-0.2, -0.15) is 0 Å². The highest BCUT2D eigenvalue weighted by atomic mass is 79.9.